The SMILES string of the molecule is NNC(=O)NN.NNC(=O)NN.[Cu+2]. The van der Waals surface area contributed by atoms with E-state index in [4.69, 9.17) is 0 Å². The molecule has 11 heteroatoms. The zero-order valence-corrected chi connectivity index (χ0v) is 7.37. The summed E-state index contributed by atoms with van der Waals surface area (Å²) in [6, 6.07) is -1.20. The van der Waals surface area contributed by atoms with Crippen LogP contribution in [0.3, 0.4) is 0 Å². The monoisotopic (exact) mass is 243 g/mol. The van der Waals surface area contributed by atoms with Crippen molar-refractivity contribution in [2.75, 3.05) is 0 Å². The minimum absolute atomic E-state index is 0. The van der Waals surface area contributed by atoms with E-state index in [0.717, 1.165) is 0 Å². The molecule has 0 aliphatic heterocycles. The van der Waals surface area contributed by atoms with E-state index < -0.39 is 12.1 Å². The largest absolute Gasteiger partial charge is 2.00 e. The topological polar surface area (TPSA) is 186 Å². The molecule has 0 saturated heterocycles. The Morgan fingerprint density at radius 3 is 0.846 bits per heavy atom. The van der Waals surface area contributed by atoms with E-state index in [1.807, 2.05) is 0 Å². The van der Waals surface area contributed by atoms with Crippen molar-refractivity contribution in [3.63, 3.8) is 0 Å². The smallest absolute Gasteiger partial charge is 0.275 e. The molecule has 12 N–H and O–H groups in total. The molecule has 0 atom stereocenters. The van der Waals surface area contributed by atoms with Gasteiger partial charge in [-0.25, -0.2) is 33.0 Å². The summed E-state index contributed by atoms with van der Waals surface area (Å²) in [7, 11) is 0. The minimum Gasteiger partial charge on any atom is -0.275 e. The maximum atomic E-state index is 9.71. The van der Waals surface area contributed by atoms with E-state index in [0.29, 0.717) is 0 Å². The molecule has 0 saturated carbocycles. The predicted molar refractivity (Wildman–Crippen MR) is 40.1 cm³/mol. The molecule has 0 spiro atoms. The Hall–Kier alpha value is -1.10. The zero-order valence-electron chi connectivity index (χ0n) is 6.43. The number of hydrogen-bond acceptors (Lipinski definition) is 6. The van der Waals surface area contributed by atoms with Gasteiger partial charge in [-0.3, -0.25) is 21.7 Å². The van der Waals surface area contributed by atoms with Crippen molar-refractivity contribution in [2.24, 2.45) is 23.4 Å². The van der Waals surface area contributed by atoms with Crippen LogP contribution in [0.4, 0.5) is 9.59 Å². The standard InChI is InChI=1S/2CH6N4O.Cu/c2*2-4-1(6)5-3;/h2*2-3H2,(H2,4,5,6);/q;;+2. The van der Waals surface area contributed by atoms with Gasteiger partial charge in [-0.1, -0.05) is 0 Å². The van der Waals surface area contributed by atoms with Crippen LogP contribution in [0.2, 0.25) is 0 Å². The van der Waals surface area contributed by atoms with E-state index in [1.54, 1.807) is 21.7 Å². The Bertz CT molecular complexity index is 112. The zero-order chi connectivity index (χ0) is 9.98. The number of nitrogens with one attached hydrogen (secondary N) is 4. The fourth-order valence-electron chi connectivity index (χ4n) is 0.0833. The molecule has 1 radical (unpaired) electrons. The van der Waals surface area contributed by atoms with Gasteiger partial charge in [-0.2, -0.15) is 0 Å². The Kier molecular flexibility index (Phi) is 18.5. The second kappa shape index (κ2) is 13.5. The molecule has 81 valence electrons. The molecule has 0 aromatic rings. The van der Waals surface area contributed by atoms with Gasteiger partial charge in [0.15, 0.2) is 0 Å². The summed E-state index contributed by atoms with van der Waals surface area (Å²) in [5.41, 5.74) is 6.96. The Morgan fingerprint density at radius 1 is 0.692 bits per heavy atom. The molecule has 4 amide bonds. The number of hydrogen-bond donors (Lipinski definition) is 8. The van der Waals surface area contributed by atoms with E-state index in [9.17, 15) is 9.59 Å². The Labute approximate surface area is 84.5 Å². The second-order valence-electron chi connectivity index (χ2n) is 1.24. The van der Waals surface area contributed by atoms with E-state index >= 15 is 0 Å². The summed E-state index contributed by atoms with van der Waals surface area (Å²) < 4.78 is 0. The quantitative estimate of drug-likeness (QED) is 0.0928. The first-order valence-electron chi connectivity index (χ1n) is 2.56. The number of urea groups is 2. The third-order valence-corrected chi connectivity index (χ3v) is 0.524. The molecule has 0 aliphatic rings. The molecular weight excluding hydrogens is 232 g/mol. The first-order valence-corrected chi connectivity index (χ1v) is 2.56. The average Bonchev–Trinajstić information content (AvgIpc) is 2.16. The molecule has 13 heavy (non-hydrogen) atoms. The summed E-state index contributed by atoms with van der Waals surface area (Å²) in [4.78, 5) is 19.4. The van der Waals surface area contributed by atoms with Crippen LogP contribution in [0.25, 0.3) is 0 Å². The average molecular weight is 244 g/mol. The van der Waals surface area contributed by atoms with E-state index in [-0.39, 0.29) is 17.1 Å². The molecule has 0 aliphatic carbocycles. The Balaban J connectivity index is -0.000000143. The van der Waals surface area contributed by atoms with Crippen molar-refractivity contribution < 1.29 is 26.7 Å². The van der Waals surface area contributed by atoms with Crippen LogP contribution in [-0.2, 0) is 17.1 Å². The van der Waals surface area contributed by atoms with Crippen LogP contribution >= 0.6 is 0 Å². The van der Waals surface area contributed by atoms with Crippen molar-refractivity contribution in [3.8, 4) is 0 Å². The summed E-state index contributed by atoms with van der Waals surface area (Å²) in [5.74, 6) is 18.2. The van der Waals surface area contributed by atoms with Crippen molar-refractivity contribution >= 4 is 12.1 Å². The van der Waals surface area contributed by atoms with Crippen molar-refractivity contribution in [2.45, 2.75) is 0 Å². The molecule has 0 fully saturated rings. The van der Waals surface area contributed by atoms with Gasteiger partial charge in [-0.15, -0.1) is 0 Å². The van der Waals surface area contributed by atoms with Gasteiger partial charge >= 0.3 is 29.1 Å². The van der Waals surface area contributed by atoms with Gasteiger partial charge in [0.25, 0.3) is 0 Å². The number of rotatable bonds is 0. The summed E-state index contributed by atoms with van der Waals surface area (Å²) >= 11 is 0. The van der Waals surface area contributed by atoms with Crippen LogP contribution in [-0.4, -0.2) is 12.1 Å². The molecule has 0 unspecified atom stereocenters. The van der Waals surface area contributed by atoms with Crippen molar-refractivity contribution in [1.82, 2.24) is 21.7 Å². The second-order valence-corrected chi connectivity index (χ2v) is 1.24. The molecule has 0 aromatic carbocycles. The third kappa shape index (κ3) is 18.1. The summed E-state index contributed by atoms with van der Waals surface area (Å²) in [6.45, 7) is 0. The number of carbonyl (C=O) groups excluding carboxylic acids is 2. The predicted octanol–water partition coefficient (Wildman–Crippen LogP) is -3.94. The number of nitrogens with two attached hydrogens (primary N) is 4. The van der Waals surface area contributed by atoms with Gasteiger partial charge in [0, 0.05) is 0 Å². The fraction of sp³-hybridized carbons (Fsp3) is 0. The molecule has 0 heterocycles. The van der Waals surface area contributed by atoms with Gasteiger partial charge in [0.1, 0.15) is 0 Å². The molecule has 10 nitrogen and oxygen atoms in total. The van der Waals surface area contributed by atoms with Crippen LogP contribution < -0.4 is 45.1 Å². The number of carbonyl (C=O) groups is 2. The Morgan fingerprint density at radius 2 is 0.846 bits per heavy atom. The maximum absolute atomic E-state index is 9.71. The number of amides is 4. The summed E-state index contributed by atoms with van der Waals surface area (Å²) in [6.07, 6.45) is 0. The van der Waals surface area contributed by atoms with Crippen LogP contribution in [0.1, 0.15) is 0 Å². The van der Waals surface area contributed by atoms with Crippen LogP contribution in [0.5, 0.6) is 0 Å². The normalized spacial score (nSPS) is 6.46. The molecule has 0 aromatic heterocycles. The molecule has 0 rings (SSSR count). The molecular formula is C2H12CuN8O2+2. The fourth-order valence-corrected chi connectivity index (χ4v) is 0.0833. The first kappa shape index (κ1) is 17.8. The van der Waals surface area contributed by atoms with Crippen molar-refractivity contribution in [3.05, 3.63) is 0 Å². The van der Waals surface area contributed by atoms with E-state index in [1.165, 1.54) is 0 Å². The minimum atomic E-state index is -0.602. The maximum Gasteiger partial charge on any atom is 2.00 e. The van der Waals surface area contributed by atoms with Gasteiger partial charge < -0.3 is 0 Å². The van der Waals surface area contributed by atoms with Gasteiger partial charge in [0.2, 0.25) is 0 Å². The number of hydrazine groups is 4. The van der Waals surface area contributed by atoms with Gasteiger partial charge in [0.05, 0.1) is 0 Å². The van der Waals surface area contributed by atoms with Crippen molar-refractivity contribution in [1.29, 1.82) is 0 Å². The third-order valence-electron chi connectivity index (χ3n) is 0.524. The van der Waals surface area contributed by atoms with E-state index in [2.05, 4.69) is 23.4 Å². The summed E-state index contributed by atoms with van der Waals surface area (Å²) in [5, 5.41) is 0. The molecule has 0 bridgehead atoms. The van der Waals surface area contributed by atoms with Crippen LogP contribution in [0, 0.1) is 0 Å². The first-order chi connectivity index (χ1) is 5.62. The van der Waals surface area contributed by atoms with Crippen LogP contribution in [0.15, 0.2) is 0 Å². The van der Waals surface area contributed by atoms with Gasteiger partial charge in [-0.05, 0) is 0 Å².